The van der Waals surface area contributed by atoms with Crippen molar-refractivity contribution < 1.29 is 14.6 Å². The van der Waals surface area contributed by atoms with Crippen LogP contribution in [-0.4, -0.2) is 41.6 Å². The molecule has 0 spiro atoms. The molecule has 0 saturated heterocycles. The third kappa shape index (κ3) is 3.56. The molecule has 2 N–H and O–H groups in total. The Kier molecular flexibility index (Phi) is 5.22. The summed E-state index contributed by atoms with van der Waals surface area (Å²) in [4.78, 5) is 20.1. The number of hydrogen-bond donors (Lipinski definition) is 2. The molecule has 6 nitrogen and oxygen atoms in total. The number of aromatic nitrogens is 1. The number of nitrogens with one attached hydrogen (secondary N) is 1. The summed E-state index contributed by atoms with van der Waals surface area (Å²) >= 11 is 6.17. The van der Waals surface area contributed by atoms with E-state index in [0.717, 1.165) is 49.2 Å². The van der Waals surface area contributed by atoms with E-state index in [-0.39, 0.29) is 18.6 Å². The molecule has 0 bridgehead atoms. The molecule has 2 aromatic rings. The lowest BCUT2D eigenvalue weighted by Crippen LogP contribution is -2.45. The van der Waals surface area contributed by atoms with Gasteiger partial charge in [-0.2, -0.15) is 0 Å². The fraction of sp³-hybridized carbons (Fsp3) is 0.381. The van der Waals surface area contributed by atoms with Gasteiger partial charge in [0.25, 0.3) is 0 Å². The van der Waals surface area contributed by atoms with Crippen molar-refractivity contribution in [1.82, 2.24) is 10.3 Å². The number of ether oxygens (including phenoxy) is 1. The number of carboxylic acid groups (broad SMARTS) is 1. The Bertz CT molecular complexity index is 925. The second-order valence-corrected chi connectivity index (χ2v) is 7.55. The predicted molar refractivity (Wildman–Crippen MR) is 108 cm³/mol. The molecule has 1 saturated carbocycles. The van der Waals surface area contributed by atoms with E-state index in [1.54, 1.807) is 6.07 Å². The van der Waals surface area contributed by atoms with E-state index in [0.29, 0.717) is 10.9 Å². The van der Waals surface area contributed by atoms with E-state index in [1.807, 2.05) is 24.3 Å². The van der Waals surface area contributed by atoms with Gasteiger partial charge in [0.15, 0.2) is 0 Å². The summed E-state index contributed by atoms with van der Waals surface area (Å²) in [6.45, 7) is 1.29. The van der Waals surface area contributed by atoms with Crippen LogP contribution in [0, 0.1) is 0 Å². The summed E-state index contributed by atoms with van der Waals surface area (Å²) in [6, 6.07) is 11.8. The zero-order valence-electron chi connectivity index (χ0n) is 15.4. The molecule has 1 amide bonds. The van der Waals surface area contributed by atoms with Crippen LogP contribution in [0.2, 0.25) is 5.15 Å². The second-order valence-electron chi connectivity index (χ2n) is 7.16. The van der Waals surface area contributed by atoms with Crippen molar-refractivity contribution in [3.63, 3.8) is 0 Å². The molecule has 7 heteroatoms. The van der Waals surface area contributed by atoms with Gasteiger partial charge in [-0.25, -0.2) is 9.78 Å². The molecule has 1 aromatic heterocycles. The highest BCUT2D eigenvalue weighted by Gasteiger charge is 2.46. The van der Waals surface area contributed by atoms with Gasteiger partial charge in [0, 0.05) is 12.1 Å². The van der Waals surface area contributed by atoms with Crippen molar-refractivity contribution >= 4 is 23.4 Å². The molecule has 1 aromatic carbocycles. The standard InChI is InChI=1S/C21H22ClN3O3/c22-18-4-1-3-17(25-18)21(8-2-9-21)19-16-13-15(28-12-11-24-20(26)27)6-5-14(16)7-10-23-19/h1,3-6,13,24H,2,7-12H2,(H,26,27). The molecule has 1 aliphatic heterocycles. The molecule has 28 heavy (non-hydrogen) atoms. The first-order valence-corrected chi connectivity index (χ1v) is 9.87. The van der Waals surface area contributed by atoms with E-state index < -0.39 is 6.09 Å². The minimum absolute atomic E-state index is 0.191. The van der Waals surface area contributed by atoms with Crippen molar-refractivity contribution in [1.29, 1.82) is 0 Å². The largest absolute Gasteiger partial charge is 0.492 e. The molecule has 1 fully saturated rings. The fourth-order valence-corrected chi connectivity index (χ4v) is 4.18. The Morgan fingerprint density at radius 1 is 1.29 bits per heavy atom. The average Bonchev–Trinajstić information content (AvgIpc) is 2.64. The predicted octanol–water partition coefficient (Wildman–Crippen LogP) is 3.85. The van der Waals surface area contributed by atoms with Gasteiger partial charge >= 0.3 is 6.09 Å². The highest BCUT2D eigenvalue weighted by molar-refractivity contribution is 6.29. The maximum Gasteiger partial charge on any atom is 0.404 e. The van der Waals surface area contributed by atoms with Crippen LogP contribution in [-0.2, 0) is 11.8 Å². The second kappa shape index (κ2) is 7.80. The number of benzene rings is 1. The monoisotopic (exact) mass is 399 g/mol. The van der Waals surface area contributed by atoms with Crippen LogP contribution < -0.4 is 10.1 Å². The maximum atomic E-state index is 10.6. The Morgan fingerprint density at radius 3 is 2.86 bits per heavy atom. The van der Waals surface area contributed by atoms with Crippen LogP contribution in [0.4, 0.5) is 4.79 Å². The average molecular weight is 400 g/mol. The van der Waals surface area contributed by atoms with Gasteiger partial charge in [-0.3, -0.25) is 4.99 Å². The summed E-state index contributed by atoms with van der Waals surface area (Å²) in [5.74, 6) is 0.717. The Hall–Kier alpha value is -2.60. The highest BCUT2D eigenvalue weighted by atomic mass is 35.5. The lowest BCUT2D eigenvalue weighted by molar-refractivity contribution is 0.191. The lowest BCUT2D eigenvalue weighted by atomic mass is 9.61. The molecule has 146 valence electrons. The van der Waals surface area contributed by atoms with Crippen molar-refractivity contribution in [2.24, 2.45) is 4.99 Å². The van der Waals surface area contributed by atoms with Gasteiger partial charge in [-0.05, 0) is 49.1 Å². The lowest BCUT2D eigenvalue weighted by Gasteiger charge is -2.44. The first-order chi connectivity index (χ1) is 13.6. The summed E-state index contributed by atoms with van der Waals surface area (Å²) in [6.07, 6.45) is 3.00. The molecule has 0 unspecified atom stereocenters. The van der Waals surface area contributed by atoms with Crippen molar-refractivity contribution in [2.45, 2.75) is 31.1 Å². The number of fused-ring (bicyclic) bond motifs is 1. The first-order valence-electron chi connectivity index (χ1n) is 9.49. The van der Waals surface area contributed by atoms with Crippen LogP contribution in [0.25, 0.3) is 0 Å². The SMILES string of the molecule is O=C(O)NCCOc1ccc2c(c1)C(C1(c3cccc(Cl)n3)CCC1)=NCC2. The Labute approximate surface area is 168 Å². The smallest absolute Gasteiger partial charge is 0.404 e. The van der Waals surface area contributed by atoms with Gasteiger partial charge < -0.3 is 15.2 Å². The summed E-state index contributed by atoms with van der Waals surface area (Å²) < 4.78 is 5.74. The van der Waals surface area contributed by atoms with Crippen molar-refractivity contribution in [3.8, 4) is 5.75 Å². The molecule has 2 aliphatic rings. The number of amides is 1. The van der Waals surface area contributed by atoms with E-state index >= 15 is 0 Å². The van der Waals surface area contributed by atoms with Crippen LogP contribution >= 0.6 is 11.6 Å². The van der Waals surface area contributed by atoms with Gasteiger partial charge in [-0.1, -0.05) is 30.2 Å². The molecule has 1 aliphatic carbocycles. The number of hydrogen-bond acceptors (Lipinski definition) is 4. The summed E-state index contributed by atoms with van der Waals surface area (Å²) in [7, 11) is 0. The number of aliphatic imine (C=N–C) groups is 1. The van der Waals surface area contributed by atoms with Crippen LogP contribution in [0.5, 0.6) is 5.75 Å². The van der Waals surface area contributed by atoms with E-state index in [9.17, 15) is 4.79 Å². The zero-order chi connectivity index (χ0) is 19.6. The maximum absolute atomic E-state index is 10.6. The van der Waals surface area contributed by atoms with Gasteiger partial charge in [0.2, 0.25) is 0 Å². The third-order valence-corrected chi connectivity index (χ3v) is 5.71. The minimum Gasteiger partial charge on any atom is -0.492 e. The number of halogens is 1. The topological polar surface area (TPSA) is 83.8 Å². The normalized spacial score (nSPS) is 17.1. The number of nitrogens with zero attached hydrogens (tertiary/aromatic N) is 2. The first kappa shape index (κ1) is 18.7. The quantitative estimate of drug-likeness (QED) is 0.570. The van der Waals surface area contributed by atoms with Gasteiger partial charge in [0.1, 0.15) is 17.5 Å². The third-order valence-electron chi connectivity index (χ3n) is 5.50. The molecule has 4 rings (SSSR count). The van der Waals surface area contributed by atoms with Crippen LogP contribution in [0.1, 0.15) is 36.1 Å². The van der Waals surface area contributed by atoms with Crippen LogP contribution in [0.15, 0.2) is 41.4 Å². The van der Waals surface area contributed by atoms with E-state index in [4.69, 9.17) is 26.4 Å². The van der Waals surface area contributed by atoms with Crippen molar-refractivity contribution in [3.05, 3.63) is 58.4 Å². The van der Waals surface area contributed by atoms with Gasteiger partial charge in [-0.15, -0.1) is 0 Å². The minimum atomic E-state index is -1.05. The molecule has 0 atom stereocenters. The summed E-state index contributed by atoms with van der Waals surface area (Å²) in [5.41, 5.74) is 4.23. The zero-order valence-corrected chi connectivity index (χ0v) is 16.2. The molecule has 2 heterocycles. The Morgan fingerprint density at radius 2 is 2.14 bits per heavy atom. The number of carbonyl (C=O) groups is 1. The summed E-state index contributed by atoms with van der Waals surface area (Å²) in [5, 5.41) is 11.5. The fourth-order valence-electron chi connectivity index (χ4n) is 4.01. The van der Waals surface area contributed by atoms with Gasteiger partial charge in [0.05, 0.1) is 23.4 Å². The molecular weight excluding hydrogens is 378 g/mol. The number of rotatable bonds is 6. The highest BCUT2D eigenvalue weighted by Crippen LogP contribution is 2.47. The van der Waals surface area contributed by atoms with Crippen LogP contribution in [0.3, 0.4) is 0 Å². The Balaban J connectivity index is 1.62. The van der Waals surface area contributed by atoms with Crippen molar-refractivity contribution in [2.75, 3.05) is 19.7 Å². The van der Waals surface area contributed by atoms with E-state index in [2.05, 4.69) is 16.4 Å². The number of pyridine rings is 1. The molecular formula is C21H22ClN3O3. The molecule has 0 radical (unpaired) electrons. The van der Waals surface area contributed by atoms with E-state index in [1.165, 1.54) is 5.56 Å².